The lowest BCUT2D eigenvalue weighted by Crippen LogP contribution is -2.56. The minimum absolute atomic E-state index is 0.0191. The molecular formula is C25H35N3O6. The minimum atomic E-state index is -0.758. The highest BCUT2D eigenvalue weighted by Crippen LogP contribution is 2.67. The van der Waals surface area contributed by atoms with Gasteiger partial charge in [0, 0.05) is 30.7 Å². The summed E-state index contributed by atoms with van der Waals surface area (Å²) in [6.45, 7) is 7.01. The van der Waals surface area contributed by atoms with E-state index in [4.69, 9.17) is 9.26 Å². The summed E-state index contributed by atoms with van der Waals surface area (Å²) in [6, 6.07) is 1.57. The molecule has 2 bridgehead atoms. The molecule has 186 valence electrons. The molecule has 9 heteroatoms. The van der Waals surface area contributed by atoms with Crippen molar-refractivity contribution >= 4 is 23.6 Å². The number of Topliss-reactive ketones (excluding diaryl/α,β-unsaturated/α-hetero) is 2. The lowest BCUT2D eigenvalue weighted by atomic mass is 9.42. The molecule has 1 aromatic rings. The van der Waals surface area contributed by atoms with Gasteiger partial charge in [0.25, 0.3) is 0 Å². The molecule has 1 aromatic heterocycles. The first kappa shape index (κ1) is 24.4. The van der Waals surface area contributed by atoms with Crippen LogP contribution in [0.2, 0.25) is 0 Å². The third kappa shape index (κ3) is 5.50. The van der Waals surface area contributed by atoms with Crippen molar-refractivity contribution in [2.45, 2.75) is 84.7 Å². The van der Waals surface area contributed by atoms with Crippen LogP contribution in [0.5, 0.6) is 0 Å². The van der Waals surface area contributed by atoms with Crippen LogP contribution in [0.25, 0.3) is 0 Å². The van der Waals surface area contributed by atoms with Crippen molar-refractivity contribution in [2.24, 2.45) is 23.2 Å². The topological polar surface area (TPSA) is 119 Å². The van der Waals surface area contributed by atoms with E-state index in [1.165, 1.54) is 0 Å². The Kier molecular flexibility index (Phi) is 6.57. The van der Waals surface area contributed by atoms with E-state index in [9.17, 15) is 19.2 Å². The number of ketones is 2. The van der Waals surface area contributed by atoms with Gasteiger partial charge in [-0.05, 0) is 77.6 Å². The Hall–Kier alpha value is -2.71. The quantitative estimate of drug-likeness (QED) is 0.448. The summed E-state index contributed by atoms with van der Waals surface area (Å²) in [4.78, 5) is 51.4. The largest absolute Gasteiger partial charge is 0.442 e. The number of carbonyl (C=O) groups excluding carboxylic acids is 4. The van der Waals surface area contributed by atoms with Gasteiger partial charge >= 0.3 is 6.09 Å². The second-order valence-electron chi connectivity index (χ2n) is 11.5. The van der Waals surface area contributed by atoms with Gasteiger partial charge in [-0.2, -0.15) is 0 Å². The number of amides is 2. The summed E-state index contributed by atoms with van der Waals surface area (Å²) in [7, 11) is 0. The standard InChI is InChI=1S/C25H35N3O6/c1-15-8-19(27-34-15)21(30)9-18(13-25-10-16(11-25)12-25)22(31)26-28(23(32)33-24(2,3)4)14-17-6-5-7-20(17)29/h8,16-18H,5-7,9-14H2,1-4H3,(H,26,31)/t16?,17-,18-,25?/m0/s1. The molecule has 0 aliphatic heterocycles. The second-order valence-corrected chi connectivity index (χ2v) is 11.5. The van der Waals surface area contributed by atoms with Gasteiger partial charge in [0.15, 0.2) is 5.78 Å². The van der Waals surface area contributed by atoms with Gasteiger partial charge in [-0.1, -0.05) is 5.16 Å². The minimum Gasteiger partial charge on any atom is -0.442 e. The number of nitrogens with one attached hydrogen (secondary N) is 1. The van der Waals surface area contributed by atoms with E-state index in [0.717, 1.165) is 36.6 Å². The monoisotopic (exact) mass is 473 g/mol. The lowest BCUT2D eigenvalue weighted by Gasteiger charge is -2.63. The van der Waals surface area contributed by atoms with Gasteiger partial charge in [-0.3, -0.25) is 19.8 Å². The van der Waals surface area contributed by atoms with Crippen LogP contribution in [0.1, 0.15) is 88.4 Å². The third-order valence-electron chi connectivity index (χ3n) is 7.25. The highest BCUT2D eigenvalue weighted by molar-refractivity contribution is 5.97. The lowest BCUT2D eigenvalue weighted by molar-refractivity contribution is -0.145. The fourth-order valence-corrected chi connectivity index (χ4v) is 5.52. The van der Waals surface area contributed by atoms with Crippen molar-refractivity contribution in [1.29, 1.82) is 0 Å². The molecule has 0 saturated heterocycles. The molecule has 0 spiro atoms. The Bertz CT molecular complexity index is 961. The van der Waals surface area contributed by atoms with E-state index in [2.05, 4.69) is 10.6 Å². The zero-order valence-corrected chi connectivity index (χ0v) is 20.5. The van der Waals surface area contributed by atoms with E-state index >= 15 is 0 Å². The van der Waals surface area contributed by atoms with E-state index in [0.29, 0.717) is 25.0 Å². The average molecular weight is 474 g/mol. The van der Waals surface area contributed by atoms with E-state index in [1.807, 2.05) is 0 Å². The molecule has 4 aliphatic carbocycles. The van der Waals surface area contributed by atoms with Crippen LogP contribution in [0.4, 0.5) is 4.79 Å². The summed E-state index contributed by atoms with van der Waals surface area (Å²) < 4.78 is 10.5. The highest BCUT2D eigenvalue weighted by Gasteiger charge is 2.57. The number of hydrogen-bond donors (Lipinski definition) is 1. The van der Waals surface area contributed by atoms with Crippen molar-refractivity contribution < 1.29 is 28.4 Å². The Morgan fingerprint density at radius 3 is 2.50 bits per heavy atom. The Balaban J connectivity index is 1.48. The third-order valence-corrected chi connectivity index (χ3v) is 7.25. The average Bonchev–Trinajstić information content (AvgIpc) is 3.28. The summed E-state index contributed by atoms with van der Waals surface area (Å²) in [5.74, 6) is -0.262. The number of aromatic nitrogens is 1. The molecule has 5 rings (SSSR count). The molecule has 4 saturated carbocycles. The van der Waals surface area contributed by atoms with Gasteiger partial charge in [-0.25, -0.2) is 9.80 Å². The SMILES string of the molecule is Cc1cc(C(=O)C[C@@H](CC23CC(C2)C3)C(=O)NN(C[C@@H]2CCCC2=O)C(=O)OC(C)(C)C)no1. The molecular weight excluding hydrogens is 438 g/mol. The van der Waals surface area contributed by atoms with Crippen LogP contribution in [0.15, 0.2) is 10.6 Å². The fourth-order valence-electron chi connectivity index (χ4n) is 5.52. The molecule has 4 fully saturated rings. The van der Waals surface area contributed by atoms with Gasteiger partial charge in [0.2, 0.25) is 5.91 Å². The number of hydrazine groups is 1. The number of carbonyl (C=O) groups is 4. The van der Waals surface area contributed by atoms with Crippen LogP contribution in [0, 0.1) is 30.1 Å². The molecule has 2 atom stereocenters. The van der Waals surface area contributed by atoms with Crippen molar-refractivity contribution in [3.8, 4) is 0 Å². The van der Waals surface area contributed by atoms with E-state index in [-0.39, 0.29) is 41.6 Å². The first-order valence-electron chi connectivity index (χ1n) is 12.2. The van der Waals surface area contributed by atoms with Crippen molar-refractivity contribution in [3.05, 3.63) is 17.5 Å². The van der Waals surface area contributed by atoms with Gasteiger partial charge in [0.05, 0.1) is 6.54 Å². The smallest absolute Gasteiger partial charge is 0.429 e. The van der Waals surface area contributed by atoms with Crippen molar-refractivity contribution in [2.75, 3.05) is 6.54 Å². The Labute approximate surface area is 199 Å². The summed E-state index contributed by atoms with van der Waals surface area (Å²) >= 11 is 0. The first-order chi connectivity index (χ1) is 15.9. The molecule has 1 N–H and O–H groups in total. The molecule has 0 aromatic carbocycles. The number of nitrogens with zero attached hydrogens (tertiary/aromatic N) is 2. The van der Waals surface area contributed by atoms with Crippen LogP contribution in [-0.2, 0) is 14.3 Å². The molecule has 4 aliphatic rings. The predicted octanol–water partition coefficient (Wildman–Crippen LogP) is 4.00. The second kappa shape index (κ2) is 9.15. The van der Waals surface area contributed by atoms with E-state index < -0.39 is 23.5 Å². The van der Waals surface area contributed by atoms with E-state index in [1.54, 1.807) is 33.8 Å². The highest BCUT2D eigenvalue weighted by atomic mass is 16.6. The Morgan fingerprint density at radius 2 is 2.00 bits per heavy atom. The van der Waals surface area contributed by atoms with Gasteiger partial charge in [0.1, 0.15) is 22.8 Å². The van der Waals surface area contributed by atoms with Crippen LogP contribution in [0.3, 0.4) is 0 Å². The first-order valence-corrected chi connectivity index (χ1v) is 12.2. The molecule has 9 nitrogen and oxygen atoms in total. The van der Waals surface area contributed by atoms with Gasteiger partial charge in [-0.15, -0.1) is 0 Å². The number of hydrogen-bond acceptors (Lipinski definition) is 7. The maximum atomic E-state index is 13.4. The van der Waals surface area contributed by atoms with Crippen LogP contribution < -0.4 is 5.43 Å². The van der Waals surface area contributed by atoms with Crippen LogP contribution in [-0.4, -0.2) is 45.9 Å². The van der Waals surface area contributed by atoms with Crippen molar-refractivity contribution in [3.63, 3.8) is 0 Å². The normalized spacial score (nSPS) is 26.3. The fraction of sp³-hybridized carbons (Fsp3) is 0.720. The summed E-state index contributed by atoms with van der Waals surface area (Å²) in [6.07, 6.45) is 5.05. The maximum Gasteiger partial charge on any atom is 0.429 e. The Morgan fingerprint density at radius 1 is 1.29 bits per heavy atom. The zero-order chi connectivity index (χ0) is 24.7. The molecule has 0 radical (unpaired) electrons. The molecule has 1 heterocycles. The number of rotatable bonds is 8. The predicted molar refractivity (Wildman–Crippen MR) is 121 cm³/mol. The number of aryl methyl sites for hydroxylation is 1. The molecule has 34 heavy (non-hydrogen) atoms. The molecule has 2 amide bonds. The molecule has 0 unspecified atom stereocenters. The summed E-state index contributed by atoms with van der Waals surface area (Å²) in [5, 5.41) is 4.92. The van der Waals surface area contributed by atoms with Crippen LogP contribution >= 0.6 is 0 Å². The zero-order valence-electron chi connectivity index (χ0n) is 20.5. The number of ether oxygens (including phenoxy) is 1. The van der Waals surface area contributed by atoms with Gasteiger partial charge < -0.3 is 9.26 Å². The van der Waals surface area contributed by atoms with Crippen molar-refractivity contribution in [1.82, 2.24) is 15.6 Å². The summed E-state index contributed by atoms with van der Waals surface area (Å²) in [5.41, 5.74) is 2.27. The maximum absolute atomic E-state index is 13.4.